The van der Waals surface area contributed by atoms with E-state index in [-0.39, 0.29) is 11.7 Å². The lowest BCUT2D eigenvalue weighted by atomic mass is 10.1. The summed E-state index contributed by atoms with van der Waals surface area (Å²) in [6.07, 6.45) is -0.574. The Morgan fingerprint density at radius 1 is 1.33 bits per heavy atom. The summed E-state index contributed by atoms with van der Waals surface area (Å²) in [5, 5.41) is 17.7. The molecule has 1 unspecified atom stereocenters. The highest BCUT2D eigenvalue weighted by Crippen LogP contribution is 2.25. The topological polar surface area (TPSA) is 124 Å². The van der Waals surface area contributed by atoms with Crippen LogP contribution >= 0.6 is 0 Å². The van der Waals surface area contributed by atoms with Crippen molar-refractivity contribution >= 4 is 11.8 Å². The minimum Gasteiger partial charge on any atom is -0.444 e. The van der Waals surface area contributed by atoms with Gasteiger partial charge in [0, 0.05) is 18.2 Å². The van der Waals surface area contributed by atoms with Gasteiger partial charge in [-0.1, -0.05) is 17.3 Å². The van der Waals surface area contributed by atoms with E-state index in [1.807, 2.05) is 24.9 Å². The number of aromatic nitrogens is 2. The molecule has 0 aliphatic carbocycles. The third-order valence-electron chi connectivity index (χ3n) is 4.45. The lowest BCUT2D eigenvalue weighted by molar-refractivity contribution is -0.384. The summed E-state index contributed by atoms with van der Waals surface area (Å²) in [4.78, 5) is 29.0. The first kappa shape index (κ1) is 23.3. The van der Waals surface area contributed by atoms with Gasteiger partial charge in [-0.15, -0.1) is 0 Å². The van der Waals surface area contributed by atoms with Gasteiger partial charge in [-0.05, 0) is 54.2 Å². The van der Waals surface area contributed by atoms with Crippen LogP contribution in [0, 0.1) is 10.1 Å². The maximum Gasteiger partial charge on any atom is 0.408 e. The van der Waals surface area contributed by atoms with Crippen molar-refractivity contribution in [2.75, 3.05) is 7.05 Å². The number of hydrogen-bond donors (Lipinski definition) is 1. The number of hydrogen-bond acceptors (Lipinski definition) is 8. The summed E-state index contributed by atoms with van der Waals surface area (Å²) < 4.78 is 10.6. The molecule has 0 saturated heterocycles. The number of non-ortho nitro benzene ring substituents is 1. The summed E-state index contributed by atoms with van der Waals surface area (Å²) >= 11 is 0. The summed E-state index contributed by atoms with van der Waals surface area (Å²) in [7, 11) is 1.86. The molecular formula is C20H29N5O5. The fourth-order valence-electron chi connectivity index (χ4n) is 2.69. The normalized spacial score (nSPS) is 13.2. The van der Waals surface area contributed by atoms with Gasteiger partial charge in [0.05, 0.1) is 11.5 Å². The lowest BCUT2D eigenvalue weighted by Gasteiger charge is -2.26. The van der Waals surface area contributed by atoms with Gasteiger partial charge < -0.3 is 14.6 Å². The molecule has 1 amide bonds. The van der Waals surface area contributed by atoms with Crippen molar-refractivity contribution in [2.24, 2.45) is 0 Å². The van der Waals surface area contributed by atoms with Crippen molar-refractivity contribution in [1.82, 2.24) is 20.4 Å². The van der Waals surface area contributed by atoms with E-state index in [2.05, 4.69) is 15.5 Å². The first-order valence-electron chi connectivity index (χ1n) is 9.57. The van der Waals surface area contributed by atoms with Crippen LogP contribution in [0.3, 0.4) is 0 Å². The SMILES string of the molecule is CC(c1cccc([N+](=O)[O-])c1)N(C)Cc1nc(C(C)(C)NC(=O)OC(C)(C)C)no1. The minimum absolute atomic E-state index is 0.0443. The van der Waals surface area contributed by atoms with Crippen LogP contribution in [0.25, 0.3) is 0 Å². The van der Waals surface area contributed by atoms with Crippen LogP contribution in [-0.4, -0.2) is 38.7 Å². The second kappa shape index (κ2) is 8.78. The molecule has 10 nitrogen and oxygen atoms in total. The molecule has 0 saturated carbocycles. The number of nitrogens with one attached hydrogen (secondary N) is 1. The smallest absolute Gasteiger partial charge is 0.408 e. The highest BCUT2D eigenvalue weighted by Gasteiger charge is 2.31. The van der Waals surface area contributed by atoms with Crippen molar-refractivity contribution in [1.29, 1.82) is 0 Å². The lowest BCUT2D eigenvalue weighted by Crippen LogP contribution is -2.44. The number of carbonyl (C=O) groups is 1. The average molecular weight is 419 g/mol. The average Bonchev–Trinajstić information content (AvgIpc) is 3.08. The fourth-order valence-corrected chi connectivity index (χ4v) is 2.69. The predicted octanol–water partition coefficient (Wildman–Crippen LogP) is 3.93. The minimum atomic E-state index is -0.895. The van der Waals surface area contributed by atoms with Gasteiger partial charge in [-0.25, -0.2) is 4.79 Å². The van der Waals surface area contributed by atoms with Gasteiger partial charge in [0.25, 0.3) is 5.69 Å². The van der Waals surface area contributed by atoms with Crippen LogP contribution in [0.1, 0.15) is 64.9 Å². The van der Waals surface area contributed by atoms with E-state index < -0.39 is 22.2 Å². The van der Waals surface area contributed by atoms with Gasteiger partial charge >= 0.3 is 6.09 Å². The number of nitrogens with zero attached hydrogens (tertiary/aromatic N) is 4. The van der Waals surface area contributed by atoms with E-state index in [9.17, 15) is 14.9 Å². The Morgan fingerprint density at radius 3 is 2.60 bits per heavy atom. The molecule has 1 N–H and O–H groups in total. The van der Waals surface area contributed by atoms with Crippen LogP contribution in [0.4, 0.5) is 10.5 Å². The molecule has 0 spiro atoms. The number of rotatable bonds is 7. The van der Waals surface area contributed by atoms with Crippen LogP contribution in [0.15, 0.2) is 28.8 Å². The molecule has 1 aromatic heterocycles. The summed E-state index contributed by atoms with van der Waals surface area (Å²) in [5.41, 5.74) is -0.663. The monoisotopic (exact) mass is 419 g/mol. The van der Waals surface area contributed by atoms with Crippen LogP contribution in [-0.2, 0) is 16.8 Å². The van der Waals surface area contributed by atoms with E-state index in [0.717, 1.165) is 5.56 Å². The molecule has 0 bridgehead atoms. The third kappa shape index (κ3) is 6.24. The zero-order valence-electron chi connectivity index (χ0n) is 18.4. The Labute approximate surface area is 175 Å². The molecule has 0 aliphatic heterocycles. The Morgan fingerprint density at radius 2 is 2.00 bits per heavy atom. The Kier molecular flexibility index (Phi) is 6.81. The maximum atomic E-state index is 12.1. The Balaban J connectivity index is 2.06. The fraction of sp³-hybridized carbons (Fsp3) is 0.550. The number of nitro benzene ring substituents is 1. The molecule has 1 heterocycles. The first-order chi connectivity index (χ1) is 13.8. The molecule has 1 atom stereocenters. The molecule has 0 aliphatic rings. The predicted molar refractivity (Wildman–Crippen MR) is 110 cm³/mol. The molecule has 2 aromatic rings. The van der Waals surface area contributed by atoms with Crippen LogP contribution < -0.4 is 5.32 Å². The first-order valence-corrected chi connectivity index (χ1v) is 9.57. The summed E-state index contributed by atoms with van der Waals surface area (Å²) in [6.45, 7) is 11.1. The zero-order valence-corrected chi connectivity index (χ0v) is 18.4. The van der Waals surface area contributed by atoms with Gasteiger partial charge in [-0.3, -0.25) is 15.0 Å². The number of amides is 1. The molecule has 10 heteroatoms. The van der Waals surface area contributed by atoms with Gasteiger partial charge in [-0.2, -0.15) is 4.98 Å². The molecular weight excluding hydrogens is 390 g/mol. The Bertz CT molecular complexity index is 903. The van der Waals surface area contributed by atoms with Crippen molar-refractivity contribution in [3.8, 4) is 0 Å². The number of ether oxygens (including phenoxy) is 1. The quantitative estimate of drug-likeness (QED) is 0.529. The van der Waals surface area contributed by atoms with Gasteiger partial charge in [0.2, 0.25) is 5.89 Å². The van der Waals surface area contributed by atoms with Crippen molar-refractivity contribution in [3.05, 3.63) is 51.7 Å². The van der Waals surface area contributed by atoms with Gasteiger partial charge in [0.15, 0.2) is 5.82 Å². The van der Waals surface area contributed by atoms with E-state index in [4.69, 9.17) is 9.26 Å². The van der Waals surface area contributed by atoms with E-state index in [0.29, 0.717) is 18.3 Å². The number of nitro groups is 1. The number of benzene rings is 1. The largest absolute Gasteiger partial charge is 0.444 e. The van der Waals surface area contributed by atoms with Crippen molar-refractivity contribution in [3.63, 3.8) is 0 Å². The van der Waals surface area contributed by atoms with Crippen LogP contribution in [0.5, 0.6) is 0 Å². The zero-order chi connectivity index (χ0) is 22.7. The molecule has 30 heavy (non-hydrogen) atoms. The summed E-state index contributed by atoms with van der Waals surface area (Å²) in [6, 6.07) is 6.39. The van der Waals surface area contributed by atoms with E-state index in [1.165, 1.54) is 6.07 Å². The highest BCUT2D eigenvalue weighted by atomic mass is 16.6. The second-order valence-corrected chi connectivity index (χ2v) is 8.71. The summed E-state index contributed by atoms with van der Waals surface area (Å²) in [5.74, 6) is 0.684. The number of carbonyl (C=O) groups excluding carboxylic acids is 1. The van der Waals surface area contributed by atoms with Crippen molar-refractivity contribution < 1.29 is 19.0 Å². The highest BCUT2D eigenvalue weighted by molar-refractivity contribution is 5.68. The molecule has 2 rings (SSSR count). The van der Waals surface area contributed by atoms with Gasteiger partial charge in [0.1, 0.15) is 11.1 Å². The van der Waals surface area contributed by atoms with E-state index in [1.54, 1.807) is 46.8 Å². The van der Waals surface area contributed by atoms with Crippen LogP contribution in [0.2, 0.25) is 0 Å². The van der Waals surface area contributed by atoms with E-state index >= 15 is 0 Å². The Hall–Kier alpha value is -3.01. The molecule has 0 fully saturated rings. The van der Waals surface area contributed by atoms with Crippen molar-refractivity contribution in [2.45, 2.75) is 65.3 Å². The molecule has 0 radical (unpaired) electrons. The second-order valence-electron chi connectivity index (χ2n) is 8.71. The standard InChI is InChI=1S/C20H29N5O5/c1-13(14-9-8-10-15(11-14)25(27)28)24(7)12-16-21-17(23-30-16)20(5,6)22-18(26)29-19(2,3)4/h8-11,13H,12H2,1-7H3,(H,22,26). The third-order valence-corrected chi connectivity index (χ3v) is 4.45. The molecule has 164 valence electrons. The number of alkyl carbamates (subject to hydrolysis) is 1. The molecule has 1 aromatic carbocycles. The maximum absolute atomic E-state index is 12.1.